The van der Waals surface area contributed by atoms with Gasteiger partial charge in [0.1, 0.15) is 23.5 Å². The van der Waals surface area contributed by atoms with Crippen molar-refractivity contribution < 1.29 is 45.8 Å². The van der Waals surface area contributed by atoms with Gasteiger partial charge in [-0.05, 0) is 26.3 Å². The highest BCUT2D eigenvalue weighted by molar-refractivity contribution is 8.01. The first kappa shape index (κ1) is 26.7. The summed E-state index contributed by atoms with van der Waals surface area (Å²) in [5, 5.41) is 2.26. The molecule has 12 heteroatoms. The van der Waals surface area contributed by atoms with E-state index in [1.807, 2.05) is 6.07 Å². The number of rotatable bonds is 7. The summed E-state index contributed by atoms with van der Waals surface area (Å²) in [6.45, 7) is 6.74. The predicted molar refractivity (Wildman–Crippen MR) is 115 cm³/mol. The van der Waals surface area contributed by atoms with Crippen LogP contribution in [0.5, 0.6) is 0 Å². The third-order valence-electron chi connectivity index (χ3n) is 5.21. The third kappa shape index (κ3) is 5.53. The second-order valence-corrected chi connectivity index (χ2v) is 9.71. The molecule has 182 valence electrons. The second-order valence-electron chi connectivity index (χ2n) is 7.94. The van der Waals surface area contributed by atoms with Crippen molar-refractivity contribution in [3.05, 3.63) is 35.9 Å². The number of carbonyl (C=O) groups excluding carboxylic acids is 4. The zero-order chi connectivity index (χ0) is 23.6. The molecule has 0 radical (unpaired) electrons. The number of nitrogens with one attached hydrogen (secondary N) is 1. The summed E-state index contributed by atoms with van der Waals surface area (Å²) in [4.78, 5) is 51.0. The number of amides is 2. The maximum absolute atomic E-state index is 12.8. The number of hydrogen-bond acceptors (Lipinski definition) is 9. The van der Waals surface area contributed by atoms with Gasteiger partial charge in [0.25, 0.3) is 0 Å². The van der Waals surface area contributed by atoms with Crippen LogP contribution in [0.3, 0.4) is 0 Å². The molecule has 0 bridgehead atoms. The molecule has 2 aliphatic heterocycles. The molecule has 1 aromatic carbocycles. The Balaban J connectivity index is 0.00000385. The number of halogens is 1. The van der Waals surface area contributed by atoms with Gasteiger partial charge in [0, 0.05) is 11.7 Å². The molecule has 3 N–H and O–H groups in total. The largest absolute Gasteiger partial charge is 1.00 e. The lowest BCUT2D eigenvalue weighted by Crippen LogP contribution is -3.00. The highest BCUT2D eigenvalue weighted by Gasteiger charge is 2.64. The molecule has 0 aliphatic carbocycles. The van der Waals surface area contributed by atoms with Crippen molar-refractivity contribution in [2.45, 2.75) is 62.2 Å². The van der Waals surface area contributed by atoms with Gasteiger partial charge in [0.15, 0.2) is 0 Å². The molecule has 1 aromatic rings. The summed E-state index contributed by atoms with van der Waals surface area (Å²) < 4.78 is 14.0. The Bertz CT molecular complexity index is 901. The highest BCUT2D eigenvalue weighted by atomic mass is 35.5. The van der Waals surface area contributed by atoms with Crippen LogP contribution in [0.1, 0.15) is 39.3 Å². The fourth-order valence-electron chi connectivity index (χ4n) is 3.72. The Hall–Kier alpha value is -2.50. The quantitative estimate of drug-likeness (QED) is 0.255. The van der Waals surface area contributed by atoms with Crippen LogP contribution in [0.4, 0.5) is 4.79 Å². The number of nitrogens with zero attached hydrogens (tertiary/aromatic N) is 1. The first-order valence-electron chi connectivity index (χ1n) is 10.2. The Labute approximate surface area is 202 Å². The summed E-state index contributed by atoms with van der Waals surface area (Å²) in [5.41, 5.74) is 6.65. The van der Waals surface area contributed by atoms with Crippen LogP contribution in [-0.2, 0) is 28.6 Å². The highest BCUT2D eigenvalue weighted by Crippen LogP contribution is 2.51. The summed E-state index contributed by atoms with van der Waals surface area (Å²) in [6, 6.07) is 6.21. The van der Waals surface area contributed by atoms with E-state index in [9.17, 15) is 19.2 Å². The maximum Gasteiger partial charge on any atom is 0.511 e. The molecule has 5 unspecified atom stereocenters. The molecule has 0 saturated carbocycles. The zero-order valence-corrected chi connectivity index (χ0v) is 20.2. The van der Waals surface area contributed by atoms with Crippen molar-refractivity contribution in [2.24, 2.45) is 5.73 Å². The molecule has 2 amide bonds. The normalized spacial score (nSPS) is 24.3. The van der Waals surface area contributed by atoms with Crippen LogP contribution in [0.2, 0.25) is 0 Å². The summed E-state index contributed by atoms with van der Waals surface area (Å²) in [5.74, 6) is -1.58. The average Bonchev–Trinajstić information content (AvgIpc) is 2.99. The fraction of sp³-hybridized carbons (Fsp3) is 0.524. The monoisotopic (exact) mass is 500 g/mol. The molecular weight excluding hydrogens is 474 g/mol. The molecule has 3 rings (SSSR count). The van der Waals surface area contributed by atoms with Gasteiger partial charge in [-0.2, -0.15) is 0 Å². The van der Waals surface area contributed by atoms with Gasteiger partial charge in [-0.3, -0.25) is 9.59 Å². The Morgan fingerprint density at radius 2 is 1.85 bits per heavy atom. The molecule has 0 spiro atoms. The molecule has 2 aliphatic rings. The summed E-state index contributed by atoms with van der Waals surface area (Å²) in [7, 11) is 0. The molecule has 5 atom stereocenters. The number of fused-ring (bicyclic) bond motifs is 1. The predicted octanol–water partition coefficient (Wildman–Crippen LogP) is -1.70. The summed E-state index contributed by atoms with van der Waals surface area (Å²) in [6.07, 6.45) is -2.14. The van der Waals surface area contributed by atoms with Crippen molar-refractivity contribution in [1.29, 1.82) is 0 Å². The Morgan fingerprint density at radius 1 is 1.21 bits per heavy atom. The van der Waals surface area contributed by atoms with Crippen molar-refractivity contribution in [1.82, 2.24) is 10.2 Å². The average molecular weight is 501 g/mol. The molecule has 33 heavy (non-hydrogen) atoms. The first-order chi connectivity index (χ1) is 15.1. The van der Waals surface area contributed by atoms with E-state index in [1.165, 1.54) is 23.6 Å². The minimum atomic E-state index is -1.18. The number of nitrogens with two attached hydrogens (primary N) is 1. The van der Waals surface area contributed by atoms with Crippen LogP contribution in [0.15, 0.2) is 30.3 Å². The van der Waals surface area contributed by atoms with Crippen molar-refractivity contribution in [3.8, 4) is 0 Å². The lowest BCUT2D eigenvalue weighted by Gasteiger charge is -2.44. The van der Waals surface area contributed by atoms with Crippen LogP contribution >= 0.6 is 11.8 Å². The van der Waals surface area contributed by atoms with Crippen molar-refractivity contribution in [2.75, 3.05) is 6.61 Å². The maximum atomic E-state index is 12.8. The van der Waals surface area contributed by atoms with E-state index in [1.54, 1.807) is 45.0 Å². The van der Waals surface area contributed by atoms with E-state index in [2.05, 4.69) is 10.1 Å². The Morgan fingerprint density at radius 3 is 2.45 bits per heavy atom. The van der Waals surface area contributed by atoms with Gasteiger partial charge < -0.3 is 42.6 Å². The van der Waals surface area contributed by atoms with Crippen LogP contribution in [-0.4, -0.2) is 63.9 Å². The summed E-state index contributed by atoms with van der Waals surface area (Å²) >= 11 is 1.38. The molecule has 2 saturated heterocycles. The molecule has 2 heterocycles. The smallest absolute Gasteiger partial charge is 0.511 e. The minimum absolute atomic E-state index is 0. The zero-order valence-electron chi connectivity index (χ0n) is 18.6. The molecular formula is C21H27ClN3O7S-. The van der Waals surface area contributed by atoms with Gasteiger partial charge in [-0.1, -0.05) is 30.3 Å². The second kappa shape index (κ2) is 10.6. The first-order valence-corrected chi connectivity index (χ1v) is 11.1. The number of thioether (sulfide) groups is 1. The number of β-lactam (4-membered cyclic amide) rings is 1. The lowest BCUT2D eigenvalue weighted by molar-refractivity contribution is -0.180. The number of esters is 1. The van der Waals surface area contributed by atoms with Crippen molar-refractivity contribution in [3.63, 3.8) is 0 Å². The van der Waals surface area contributed by atoms with Crippen LogP contribution < -0.4 is 23.5 Å². The number of hydrogen-bond donors (Lipinski definition) is 2. The molecule has 0 aromatic heterocycles. The molecule has 10 nitrogen and oxygen atoms in total. The van der Waals surface area contributed by atoms with Crippen LogP contribution in [0.25, 0.3) is 0 Å². The molecule has 2 fully saturated rings. The van der Waals surface area contributed by atoms with E-state index in [0.717, 1.165) is 0 Å². The SMILES string of the molecule is CCOC(=O)OC(C)OC(=O)C1N2C(=O)C(NC(=O)C(N)c3ccccc3)C2SC1(C)C.[Cl-]. The van der Waals surface area contributed by atoms with Gasteiger partial charge in [-0.25, -0.2) is 9.59 Å². The fourth-order valence-corrected chi connectivity index (χ4v) is 5.34. The number of benzene rings is 1. The number of ether oxygens (including phenoxy) is 3. The lowest BCUT2D eigenvalue weighted by atomic mass is 9.95. The van der Waals surface area contributed by atoms with Gasteiger partial charge in [-0.15, -0.1) is 11.8 Å². The van der Waals surface area contributed by atoms with Gasteiger partial charge >= 0.3 is 12.1 Å². The van der Waals surface area contributed by atoms with Gasteiger partial charge in [0.2, 0.25) is 18.1 Å². The standard InChI is InChI=1S/C21H27N3O7S.ClH/c1-5-29-20(28)31-11(2)30-19(27)15-21(3,4)32-18-14(17(26)24(15)18)23-16(25)13(22)12-9-7-6-8-10-12;/h6-11,13-15,18H,5,22H2,1-4H3,(H,23,25);1H/p-1. The van der Waals surface area contributed by atoms with Gasteiger partial charge in [0.05, 0.1) is 6.61 Å². The topological polar surface area (TPSA) is 137 Å². The van der Waals surface area contributed by atoms with E-state index in [4.69, 9.17) is 15.2 Å². The third-order valence-corrected chi connectivity index (χ3v) is 6.78. The van der Waals surface area contributed by atoms with E-state index >= 15 is 0 Å². The van der Waals surface area contributed by atoms with Crippen molar-refractivity contribution >= 4 is 35.7 Å². The van der Waals surface area contributed by atoms with Crippen LogP contribution in [0, 0.1) is 0 Å². The number of carbonyl (C=O) groups is 4. The Kier molecular flexibility index (Phi) is 8.61. The van der Waals surface area contributed by atoms with E-state index in [-0.39, 0.29) is 19.0 Å². The minimum Gasteiger partial charge on any atom is -1.00 e. The van der Waals surface area contributed by atoms with E-state index in [0.29, 0.717) is 5.56 Å². The van der Waals surface area contributed by atoms with E-state index < -0.39 is 58.5 Å².